The van der Waals surface area contributed by atoms with Gasteiger partial charge < -0.3 is 38.6 Å². The number of carbonyl (C=O) groups is 6. The third kappa shape index (κ3) is 22.8. The number of aryl methyl sites for hydroxylation is 4. The van der Waals surface area contributed by atoms with E-state index < -0.39 is 35.8 Å². The SMILES string of the molecule is C=CCc1c(CCC)cc(O)c(O)c1CC=C.C=CCc1c(CCC)cc(OC(C)=O)c(OC(C)=O)c1CC=C.C=CCc1c(CCC)ccc(OC(C)=O)c1OC(C)=O.CCCc1cccc(OC(C)=O)c1OC(C)=O. The van der Waals surface area contributed by atoms with Crippen molar-refractivity contribution in [1.82, 2.24) is 0 Å². The lowest BCUT2D eigenvalue weighted by molar-refractivity contribution is -0.134. The number of esters is 6. The van der Waals surface area contributed by atoms with Gasteiger partial charge in [0.15, 0.2) is 46.0 Å². The van der Waals surface area contributed by atoms with E-state index >= 15 is 0 Å². The molecule has 0 aliphatic carbocycles. The molecule has 4 rings (SSSR count). The Morgan fingerprint density at radius 3 is 1.19 bits per heavy atom. The predicted octanol–water partition coefficient (Wildman–Crippen LogP) is 13.2. The van der Waals surface area contributed by atoms with Crippen molar-refractivity contribution in [2.75, 3.05) is 0 Å². The Hall–Kier alpha value is -8.00. The van der Waals surface area contributed by atoms with Gasteiger partial charge in [-0.2, -0.15) is 0 Å². The topological polar surface area (TPSA) is 198 Å². The summed E-state index contributed by atoms with van der Waals surface area (Å²) >= 11 is 0. The first-order valence-corrected chi connectivity index (χ1v) is 25.8. The maximum absolute atomic E-state index is 11.5. The molecule has 0 unspecified atom stereocenters. The number of allylic oxidation sites excluding steroid dienone is 5. The number of phenols is 2. The molecule has 0 amide bonds. The van der Waals surface area contributed by atoms with Crippen LogP contribution in [0, 0.1) is 0 Å². The fraction of sp³-hybridized carbons (Fsp3) is 0.365. The second-order valence-corrected chi connectivity index (χ2v) is 17.5. The third-order valence-electron chi connectivity index (χ3n) is 10.8. The number of phenolic OH excluding ortho intramolecular Hbond substituents is 2. The highest BCUT2D eigenvalue weighted by molar-refractivity contribution is 5.77. The molecule has 0 saturated carbocycles. The average molecular weight is 1060 g/mol. The summed E-state index contributed by atoms with van der Waals surface area (Å²) < 4.78 is 31.1. The normalized spacial score (nSPS) is 10.0. The van der Waals surface area contributed by atoms with Gasteiger partial charge in [0.25, 0.3) is 0 Å². The number of benzene rings is 4. The monoisotopic (exact) mass is 1060 g/mol. The molecule has 0 spiro atoms. The molecular weight excluding hydrogens is 981 g/mol. The molecule has 0 heterocycles. The van der Waals surface area contributed by atoms with Gasteiger partial charge in [-0.15, -0.1) is 32.9 Å². The Bertz CT molecular complexity index is 2710. The number of aromatic hydroxyl groups is 2. The van der Waals surface area contributed by atoms with Crippen molar-refractivity contribution in [2.24, 2.45) is 0 Å². The average Bonchev–Trinajstić information content (AvgIpc) is 3.34. The smallest absolute Gasteiger partial charge is 0.308 e. The van der Waals surface area contributed by atoms with Crippen LogP contribution in [0.2, 0.25) is 0 Å². The van der Waals surface area contributed by atoms with Gasteiger partial charge in [0, 0.05) is 58.2 Å². The van der Waals surface area contributed by atoms with E-state index in [1.165, 1.54) is 41.5 Å². The summed E-state index contributed by atoms with van der Waals surface area (Å²) in [5.41, 5.74) is 8.62. The summed E-state index contributed by atoms with van der Waals surface area (Å²) in [6.07, 6.45) is 19.0. The van der Waals surface area contributed by atoms with Crippen molar-refractivity contribution in [3.63, 3.8) is 0 Å². The number of carbonyl (C=O) groups excluding carboxylic acids is 6. The van der Waals surface area contributed by atoms with Gasteiger partial charge >= 0.3 is 35.8 Å². The lowest BCUT2D eigenvalue weighted by Crippen LogP contribution is -2.12. The summed E-state index contributed by atoms with van der Waals surface area (Å²) in [4.78, 5) is 67.3. The molecule has 416 valence electrons. The highest BCUT2D eigenvalue weighted by atomic mass is 16.6. The van der Waals surface area contributed by atoms with Crippen LogP contribution in [-0.2, 0) is 86.6 Å². The van der Waals surface area contributed by atoms with Crippen LogP contribution in [0.3, 0.4) is 0 Å². The van der Waals surface area contributed by atoms with E-state index in [0.717, 1.165) is 101 Å². The zero-order chi connectivity index (χ0) is 58.2. The molecule has 14 heteroatoms. The molecule has 0 fully saturated rings. The van der Waals surface area contributed by atoms with Crippen molar-refractivity contribution in [3.05, 3.63) is 156 Å². The number of hydrogen-bond donors (Lipinski definition) is 2. The minimum atomic E-state index is -0.462. The largest absolute Gasteiger partial charge is 0.504 e. The van der Waals surface area contributed by atoms with Crippen LogP contribution < -0.4 is 28.4 Å². The van der Waals surface area contributed by atoms with Crippen molar-refractivity contribution < 1.29 is 67.4 Å². The highest BCUT2D eigenvalue weighted by Crippen LogP contribution is 2.40. The molecule has 14 nitrogen and oxygen atoms in total. The maximum atomic E-state index is 11.5. The summed E-state index contributed by atoms with van der Waals surface area (Å²) in [6.45, 7) is 34.9. The van der Waals surface area contributed by atoms with Crippen LogP contribution in [-0.4, -0.2) is 46.0 Å². The predicted molar refractivity (Wildman–Crippen MR) is 302 cm³/mol. The van der Waals surface area contributed by atoms with Gasteiger partial charge in [-0.05, 0) is 115 Å². The molecule has 0 bridgehead atoms. The summed E-state index contributed by atoms with van der Waals surface area (Å²) in [5, 5.41) is 19.6. The fourth-order valence-corrected chi connectivity index (χ4v) is 8.13. The molecule has 0 aliphatic heterocycles. The summed E-state index contributed by atoms with van der Waals surface area (Å²) in [6, 6.07) is 12.2. The van der Waals surface area contributed by atoms with E-state index in [4.69, 9.17) is 28.4 Å². The maximum Gasteiger partial charge on any atom is 0.308 e. The summed E-state index contributed by atoms with van der Waals surface area (Å²) in [5.74, 6) is -0.959. The third-order valence-corrected chi connectivity index (χ3v) is 10.8. The molecule has 4 aromatic rings. The summed E-state index contributed by atoms with van der Waals surface area (Å²) in [7, 11) is 0. The van der Waals surface area contributed by atoms with E-state index in [9.17, 15) is 39.0 Å². The van der Waals surface area contributed by atoms with Gasteiger partial charge in [-0.3, -0.25) is 28.8 Å². The van der Waals surface area contributed by atoms with Gasteiger partial charge in [0.05, 0.1) is 0 Å². The number of hydrogen-bond acceptors (Lipinski definition) is 14. The lowest BCUT2D eigenvalue weighted by Gasteiger charge is -2.20. The molecule has 77 heavy (non-hydrogen) atoms. The first-order valence-electron chi connectivity index (χ1n) is 25.8. The molecule has 4 aromatic carbocycles. The van der Waals surface area contributed by atoms with Gasteiger partial charge in [0.2, 0.25) is 0 Å². The van der Waals surface area contributed by atoms with Crippen molar-refractivity contribution in [1.29, 1.82) is 0 Å². The lowest BCUT2D eigenvalue weighted by atomic mass is 9.92. The van der Waals surface area contributed by atoms with Gasteiger partial charge in [0.1, 0.15) is 0 Å². The Morgan fingerprint density at radius 2 is 0.740 bits per heavy atom. The van der Waals surface area contributed by atoms with E-state index in [-0.39, 0.29) is 23.0 Å². The number of rotatable bonds is 24. The Labute approximate surface area is 456 Å². The molecule has 0 aromatic heterocycles. The van der Waals surface area contributed by atoms with Gasteiger partial charge in [-0.25, -0.2) is 0 Å². The second-order valence-electron chi connectivity index (χ2n) is 17.5. The molecule has 0 atom stereocenters. The first-order chi connectivity index (χ1) is 36.6. The van der Waals surface area contributed by atoms with Gasteiger partial charge in [-0.1, -0.05) is 102 Å². The van der Waals surface area contributed by atoms with E-state index in [1.807, 2.05) is 31.2 Å². The fourth-order valence-electron chi connectivity index (χ4n) is 8.13. The van der Waals surface area contributed by atoms with Crippen molar-refractivity contribution in [3.8, 4) is 46.0 Å². The molecular formula is C63H80O14. The van der Waals surface area contributed by atoms with Crippen LogP contribution in [0.25, 0.3) is 0 Å². The molecule has 0 aliphatic rings. The first kappa shape index (κ1) is 67.0. The number of para-hydroxylation sites is 1. The van der Waals surface area contributed by atoms with Crippen LogP contribution in [0.4, 0.5) is 0 Å². The van der Waals surface area contributed by atoms with Crippen LogP contribution in [0.1, 0.15) is 145 Å². The number of ether oxygens (including phenoxy) is 6. The van der Waals surface area contributed by atoms with Crippen LogP contribution >= 0.6 is 0 Å². The van der Waals surface area contributed by atoms with E-state index in [2.05, 4.69) is 53.7 Å². The van der Waals surface area contributed by atoms with Crippen LogP contribution in [0.5, 0.6) is 46.0 Å². The Morgan fingerprint density at radius 1 is 0.390 bits per heavy atom. The van der Waals surface area contributed by atoms with Crippen molar-refractivity contribution >= 4 is 35.8 Å². The molecule has 0 radical (unpaired) electrons. The zero-order valence-corrected chi connectivity index (χ0v) is 46.9. The van der Waals surface area contributed by atoms with Crippen LogP contribution in [0.15, 0.2) is 106 Å². The minimum Gasteiger partial charge on any atom is -0.504 e. The Kier molecular flexibility index (Phi) is 31.4. The molecule has 0 saturated heterocycles. The minimum absolute atomic E-state index is 0.0263. The van der Waals surface area contributed by atoms with E-state index in [1.54, 1.807) is 48.6 Å². The quantitative estimate of drug-likeness (QED) is 0.0291. The highest BCUT2D eigenvalue weighted by Gasteiger charge is 2.22. The van der Waals surface area contributed by atoms with E-state index in [0.29, 0.717) is 55.1 Å². The standard InChI is InChI=1S/C19H24O4.C16H20O4.C15H20O2.C13H16O4/c1-6-9-15-12-18(22-13(4)20)19(23-14(5)21)17(11-8-3)16(15)10-7-2;1-5-7-13-9-10-15(19-11(3)17)16(20-12(4)18)14(13)8-6-2;1-4-7-11-10-14(16)15(17)13(9-6-3)12(11)8-5-2;1-4-6-11-7-5-8-12(16-9(2)14)13(11)17-10(3)15/h7-8,12H,2-3,6,9-11H2,1,4-5H3;6,9-10H,2,5,7-8H2,1,3-4H3;5-6,10,16-17H,2-4,7-9H2,1H3;5,7-8H,4,6H2,1-3H3. The second kappa shape index (κ2) is 36.1. The zero-order valence-electron chi connectivity index (χ0n) is 46.9. The van der Waals surface area contributed by atoms with Crippen molar-refractivity contribution in [2.45, 2.75) is 153 Å². The molecule has 2 N–H and O–H groups in total. The Balaban J connectivity index is 0.000000517.